The van der Waals surface area contributed by atoms with Crippen molar-refractivity contribution in [3.8, 4) is 0 Å². The minimum absolute atomic E-state index is 0.0545. The number of esters is 1. The largest absolute Gasteiger partial charge is 0.468 e. The van der Waals surface area contributed by atoms with Crippen LogP contribution in [0.25, 0.3) is 0 Å². The maximum Gasteiger partial charge on any atom is 0.323 e. The predicted octanol–water partition coefficient (Wildman–Crippen LogP) is 3.91. The molecule has 0 aromatic rings. The number of ether oxygens (including phenoxy) is 1. The Hall–Kier alpha value is -0.570. The van der Waals surface area contributed by atoms with Crippen LogP contribution in [0.2, 0.25) is 0 Å². The average Bonchev–Trinajstić information content (AvgIpc) is 2.96. The molecule has 1 unspecified atom stereocenters. The van der Waals surface area contributed by atoms with Gasteiger partial charge in [0.2, 0.25) is 0 Å². The molecular formula is C18H33NO2. The van der Waals surface area contributed by atoms with Gasteiger partial charge >= 0.3 is 5.97 Å². The fraction of sp³-hybridized carbons (Fsp3) is 0.944. The molecule has 3 heteroatoms. The summed E-state index contributed by atoms with van der Waals surface area (Å²) in [6.07, 6.45) is 9.81. The van der Waals surface area contributed by atoms with E-state index in [1.54, 1.807) is 0 Å². The maximum atomic E-state index is 12.2. The summed E-state index contributed by atoms with van der Waals surface area (Å²) in [7, 11) is 1.52. The van der Waals surface area contributed by atoms with Crippen LogP contribution >= 0.6 is 0 Å². The van der Waals surface area contributed by atoms with Crippen molar-refractivity contribution < 1.29 is 9.53 Å². The van der Waals surface area contributed by atoms with Crippen LogP contribution in [0.4, 0.5) is 0 Å². The molecule has 2 fully saturated rings. The third kappa shape index (κ3) is 4.45. The number of hydrogen-bond acceptors (Lipinski definition) is 3. The molecule has 0 saturated heterocycles. The first-order valence-corrected chi connectivity index (χ1v) is 8.75. The zero-order valence-electron chi connectivity index (χ0n) is 14.3. The first-order chi connectivity index (χ1) is 9.91. The van der Waals surface area contributed by atoms with E-state index < -0.39 is 0 Å². The lowest BCUT2D eigenvalue weighted by molar-refractivity contribution is -0.145. The van der Waals surface area contributed by atoms with Crippen molar-refractivity contribution in [3.63, 3.8) is 0 Å². The van der Waals surface area contributed by atoms with Gasteiger partial charge in [-0.05, 0) is 55.8 Å². The summed E-state index contributed by atoms with van der Waals surface area (Å²) < 4.78 is 5.07. The highest BCUT2D eigenvalue weighted by molar-refractivity contribution is 5.76. The fourth-order valence-corrected chi connectivity index (χ4v) is 4.19. The van der Waals surface area contributed by atoms with Crippen molar-refractivity contribution in [1.29, 1.82) is 0 Å². The summed E-state index contributed by atoms with van der Waals surface area (Å²) >= 11 is 0. The first kappa shape index (κ1) is 16.8. The molecule has 1 N–H and O–H groups in total. The molecule has 2 saturated carbocycles. The lowest BCUT2D eigenvalue weighted by atomic mass is 9.68. The Morgan fingerprint density at radius 2 is 1.62 bits per heavy atom. The van der Waals surface area contributed by atoms with Gasteiger partial charge in [-0.25, -0.2) is 0 Å². The normalized spacial score (nSPS) is 29.3. The van der Waals surface area contributed by atoms with E-state index in [2.05, 4.69) is 26.1 Å². The van der Waals surface area contributed by atoms with Crippen LogP contribution < -0.4 is 5.32 Å². The molecule has 2 aliphatic carbocycles. The van der Waals surface area contributed by atoms with E-state index in [0.29, 0.717) is 17.4 Å². The minimum Gasteiger partial charge on any atom is -0.468 e. The van der Waals surface area contributed by atoms with Gasteiger partial charge in [0.05, 0.1) is 7.11 Å². The van der Waals surface area contributed by atoms with Gasteiger partial charge in [-0.15, -0.1) is 0 Å². The molecule has 0 amide bonds. The average molecular weight is 295 g/mol. The van der Waals surface area contributed by atoms with Crippen LogP contribution in [-0.2, 0) is 9.53 Å². The van der Waals surface area contributed by atoms with Crippen molar-refractivity contribution in [2.75, 3.05) is 7.11 Å². The minimum atomic E-state index is -0.0842. The van der Waals surface area contributed by atoms with Gasteiger partial charge in [0.25, 0.3) is 0 Å². The molecule has 0 aromatic heterocycles. The second-order valence-corrected chi connectivity index (χ2v) is 8.13. The number of hydrogen-bond donors (Lipinski definition) is 1. The molecule has 0 spiro atoms. The third-order valence-electron chi connectivity index (χ3n) is 5.69. The second kappa shape index (κ2) is 7.13. The molecule has 0 aliphatic heterocycles. The molecular weight excluding hydrogens is 262 g/mol. The highest BCUT2D eigenvalue weighted by atomic mass is 16.5. The van der Waals surface area contributed by atoms with Crippen LogP contribution in [0.3, 0.4) is 0 Å². The summed E-state index contributed by atoms with van der Waals surface area (Å²) in [6, 6.07) is 0.438. The van der Waals surface area contributed by atoms with E-state index in [0.717, 1.165) is 18.8 Å². The zero-order valence-corrected chi connectivity index (χ0v) is 14.3. The number of nitrogens with one attached hydrogen (secondary N) is 1. The monoisotopic (exact) mass is 295 g/mol. The SMILES string of the molecule is COC(=O)C(NC1CCCC1)C1CCC(C(C)(C)C)CC1. The Bertz CT molecular complexity index is 334. The van der Waals surface area contributed by atoms with Crippen LogP contribution in [0, 0.1) is 17.3 Å². The summed E-state index contributed by atoms with van der Waals surface area (Å²) in [4.78, 5) is 12.2. The zero-order chi connectivity index (χ0) is 15.5. The van der Waals surface area contributed by atoms with Crippen LogP contribution in [0.1, 0.15) is 72.1 Å². The van der Waals surface area contributed by atoms with Gasteiger partial charge in [-0.3, -0.25) is 4.79 Å². The van der Waals surface area contributed by atoms with Crippen LogP contribution in [-0.4, -0.2) is 25.2 Å². The topological polar surface area (TPSA) is 38.3 Å². The standard InChI is InChI=1S/C18H33NO2/c1-18(2,3)14-11-9-13(10-12-14)16(17(20)21-4)19-15-7-5-6-8-15/h13-16,19H,5-12H2,1-4H3. The van der Waals surface area contributed by atoms with Crippen LogP contribution in [0.5, 0.6) is 0 Å². The molecule has 3 nitrogen and oxygen atoms in total. The summed E-state index contributed by atoms with van der Waals surface area (Å²) in [5.74, 6) is 1.19. The fourth-order valence-electron chi connectivity index (χ4n) is 4.19. The Morgan fingerprint density at radius 1 is 1.05 bits per heavy atom. The van der Waals surface area contributed by atoms with E-state index in [1.807, 2.05) is 0 Å². The van der Waals surface area contributed by atoms with Gasteiger partial charge in [0.15, 0.2) is 0 Å². The Morgan fingerprint density at radius 3 is 2.10 bits per heavy atom. The molecule has 2 aliphatic rings. The lowest BCUT2D eigenvalue weighted by Crippen LogP contribution is -2.49. The number of methoxy groups -OCH3 is 1. The summed E-state index contributed by atoms with van der Waals surface area (Å²) in [5.41, 5.74) is 0.393. The van der Waals surface area contributed by atoms with Crippen molar-refractivity contribution in [3.05, 3.63) is 0 Å². The van der Waals surface area contributed by atoms with Gasteiger partial charge in [-0.1, -0.05) is 33.6 Å². The van der Waals surface area contributed by atoms with Gasteiger partial charge in [0, 0.05) is 6.04 Å². The van der Waals surface area contributed by atoms with E-state index in [9.17, 15) is 4.79 Å². The lowest BCUT2D eigenvalue weighted by Gasteiger charge is -2.39. The summed E-state index contributed by atoms with van der Waals surface area (Å²) in [5, 5.41) is 3.62. The van der Waals surface area contributed by atoms with Crippen molar-refractivity contribution in [2.45, 2.75) is 84.2 Å². The van der Waals surface area contributed by atoms with Gasteiger partial charge in [0.1, 0.15) is 6.04 Å². The van der Waals surface area contributed by atoms with E-state index >= 15 is 0 Å². The van der Waals surface area contributed by atoms with Gasteiger partial charge in [-0.2, -0.15) is 0 Å². The molecule has 2 rings (SSSR count). The summed E-state index contributed by atoms with van der Waals surface area (Å²) in [6.45, 7) is 7.02. The molecule has 0 radical (unpaired) electrons. The Balaban J connectivity index is 1.93. The molecule has 21 heavy (non-hydrogen) atoms. The van der Waals surface area contributed by atoms with E-state index in [-0.39, 0.29) is 12.0 Å². The second-order valence-electron chi connectivity index (χ2n) is 8.13. The van der Waals surface area contributed by atoms with Crippen LogP contribution in [0.15, 0.2) is 0 Å². The predicted molar refractivity (Wildman–Crippen MR) is 86.1 cm³/mol. The maximum absolute atomic E-state index is 12.2. The molecule has 122 valence electrons. The highest BCUT2D eigenvalue weighted by Crippen LogP contribution is 2.41. The number of carbonyl (C=O) groups excluding carboxylic acids is 1. The number of rotatable bonds is 4. The quantitative estimate of drug-likeness (QED) is 0.799. The third-order valence-corrected chi connectivity index (χ3v) is 5.69. The van der Waals surface area contributed by atoms with E-state index in [4.69, 9.17) is 4.74 Å². The van der Waals surface area contributed by atoms with E-state index in [1.165, 1.54) is 45.6 Å². The van der Waals surface area contributed by atoms with Gasteiger partial charge < -0.3 is 10.1 Å². The van der Waals surface area contributed by atoms with Crippen molar-refractivity contribution in [2.24, 2.45) is 17.3 Å². The van der Waals surface area contributed by atoms with Crippen molar-refractivity contribution in [1.82, 2.24) is 5.32 Å². The Kier molecular flexibility index (Phi) is 5.70. The molecule has 0 heterocycles. The molecule has 0 aromatic carbocycles. The molecule has 1 atom stereocenters. The highest BCUT2D eigenvalue weighted by Gasteiger charge is 2.37. The first-order valence-electron chi connectivity index (χ1n) is 8.75. The van der Waals surface area contributed by atoms with Crippen molar-refractivity contribution >= 4 is 5.97 Å². The number of carbonyl (C=O) groups is 1. The Labute approximate surface area is 130 Å². The smallest absolute Gasteiger partial charge is 0.323 e. The molecule has 0 bridgehead atoms.